The molecule has 0 aliphatic carbocycles. The molecule has 1 atom stereocenters. The fourth-order valence-electron chi connectivity index (χ4n) is 2.60. The van der Waals surface area contributed by atoms with E-state index in [0.29, 0.717) is 30.3 Å². The third-order valence-electron chi connectivity index (χ3n) is 3.78. The highest BCUT2D eigenvalue weighted by Crippen LogP contribution is 2.30. The van der Waals surface area contributed by atoms with Gasteiger partial charge in [-0.05, 0) is 32.0 Å². The number of nitrogens with one attached hydrogen (secondary N) is 1. The maximum Gasteiger partial charge on any atom is 0.348 e. The zero-order valence-electron chi connectivity index (χ0n) is 13.6. The van der Waals surface area contributed by atoms with Crippen LogP contribution in [-0.4, -0.2) is 34.7 Å². The van der Waals surface area contributed by atoms with Gasteiger partial charge in [-0.25, -0.2) is 4.79 Å². The molecule has 1 aliphatic rings. The molecule has 0 unspecified atom stereocenters. The minimum Gasteiger partial charge on any atom is -0.485 e. The molecule has 0 radical (unpaired) electrons. The molecule has 2 aromatic rings. The summed E-state index contributed by atoms with van der Waals surface area (Å²) in [5.74, 6) is 0.920. The lowest BCUT2D eigenvalue weighted by atomic mass is 10.2. The Balaban J connectivity index is 1.56. The van der Waals surface area contributed by atoms with Gasteiger partial charge in [0.2, 0.25) is 6.10 Å². The van der Waals surface area contributed by atoms with E-state index in [1.807, 2.05) is 25.1 Å². The summed E-state index contributed by atoms with van der Waals surface area (Å²) >= 11 is 0. The van der Waals surface area contributed by atoms with Crippen LogP contribution in [-0.2, 0) is 11.3 Å². The van der Waals surface area contributed by atoms with Crippen molar-refractivity contribution >= 4 is 5.91 Å². The number of nitrogens with zero attached hydrogens (tertiary/aromatic N) is 2. The van der Waals surface area contributed by atoms with Gasteiger partial charge < -0.3 is 14.8 Å². The molecule has 1 N–H and O–H groups in total. The predicted molar refractivity (Wildman–Crippen MR) is 87.3 cm³/mol. The van der Waals surface area contributed by atoms with E-state index in [2.05, 4.69) is 10.3 Å². The van der Waals surface area contributed by atoms with Crippen molar-refractivity contribution in [3.8, 4) is 11.5 Å². The van der Waals surface area contributed by atoms with Gasteiger partial charge in [-0.1, -0.05) is 12.1 Å². The minimum atomic E-state index is -0.700. The summed E-state index contributed by atoms with van der Waals surface area (Å²) < 4.78 is 12.7. The van der Waals surface area contributed by atoms with E-state index in [0.717, 1.165) is 5.69 Å². The smallest absolute Gasteiger partial charge is 0.348 e. The van der Waals surface area contributed by atoms with Gasteiger partial charge in [-0.15, -0.1) is 0 Å². The third kappa shape index (κ3) is 3.40. The van der Waals surface area contributed by atoms with Crippen molar-refractivity contribution in [1.82, 2.24) is 14.9 Å². The largest absolute Gasteiger partial charge is 0.485 e. The number of hydrogen-bond acceptors (Lipinski definition) is 5. The monoisotopic (exact) mass is 329 g/mol. The molecular weight excluding hydrogens is 310 g/mol. The van der Waals surface area contributed by atoms with Gasteiger partial charge in [0.1, 0.15) is 6.61 Å². The van der Waals surface area contributed by atoms with Crippen LogP contribution in [0.5, 0.6) is 11.5 Å². The van der Waals surface area contributed by atoms with Gasteiger partial charge in [-0.3, -0.25) is 9.36 Å². The fraction of sp³-hybridized carbons (Fsp3) is 0.353. The van der Waals surface area contributed by atoms with Crippen LogP contribution in [0.3, 0.4) is 0 Å². The lowest BCUT2D eigenvalue weighted by Crippen LogP contribution is -2.45. The van der Waals surface area contributed by atoms with Crippen LogP contribution in [0.2, 0.25) is 0 Å². The van der Waals surface area contributed by atoms with Gasteiger partial charge in [0.05, 0.1) is 0 Å². The van der Waals surface area contributed by atoms with Crippen molar-refractivity contribution in [3.63, 3.8) is 0 Å². The second-order valence-electron chi connectivity index (χ2n) is 5.63. The van der Waals surface area contributed by atoms with Crippen molar-refractivity contribution in [2.45, 2.75) is 26.5 Å². The highest BCUT2D eigenvalue weighted by atomic mass is 16.6. The number of aryl methyl sites for hydroxylation is 2. The Hall–Kier alpha value is -2.83. The molecule has 2 heterocycles. The topological polar surface area (TPSA) is 82.5 Å². The Morgan fingerprint density at radius 3 is 2.83 bits per heavy atom. The first-order valence-corrected chi connectivity index (χ1v) is 7.76. The fourth-order valence-corrected chi connectivity index (χ4v) is 2.60. The first-order chi connectivity index (χ1) is 11.5. The van der Waals surface area contributed by atoms with Crippen LogP contribution in [0.1, 0.15) is 11.4 Å². The van der Waals surface area contributed by atoms with E-state index in [4.69, 9.17) is 9.47 Å². The second-order valence-corrected chi connectivity index (χ2v) is 5.63. The minimum absolute atomic E-state index is 0.161. The first-order valence-electron chi connectivity index (χ1n) is 7.76. The number of hydrogen-bond donors (Lipinski definition) is 1. The number of para-hydroxylation sites is 2. The predicted octanol–water partition coefficient (Wildman–Crippen LogP) is 0.816. The van der Waals surface area contributed by atoms with E-state index in [1.165, 1.54) is 4.57 Å². The number of carbonyl (C=O) groups excluding carboxylic acids is 1. The molecule has 1 amide bonds. The SMILES string of the molecule is Cc1cc(C)n(CCNC(=O)[C@@H]2COc3ccccc3O2)c(=O)n1. The molecule has 7 heteroatoms. The van der Waals surface area contributed by atoms with Crippen LogP contribution in [0, 0.1) is 13.8 Å². The molecule has 1 aromatic heterocycles. The number of aromatic nitrogens is 2. The lowest BCUT2D eigenvalue weighted by Gasteiger charge is -2.25. The van der Waals surface area contributed by atoms with Crippen LogP contribution in [0.25, 0.3) is 0 Å². The zero-order valence-corrected chi connectivity index (χ0v) is 13.6. The second kappa shape index (κ2) is 6.74. The van der Waals surface area contributed by atoms with Crippen molar-refractivity contribution in [2.24, 2.45) is 0 Å². The van der Waals surface area contributed by atoms with Crippen molar-refractivity contribution < 1.29 is 14.3 Å². The van der Waals surface area contributed by atoms with Gasteiger partial charge >= 0.3 is 5.69 Å². The zero-order chi connectivity index (χ0) is 17.1. The number of amides is 1. The molecule has 0 fully saturated rings. The van der Waals surface area contributed by atoms with Gasteiger partial charge in [0, 0.05) is 24.5 Å². The molecule has 7 nitrogen and oxygen atoms in total. The van der Waals surface area contributed by atoms with Crippen molar-refractivity contribution in [3.05, 3.63) is 52.2 Å². The number of benzene rings is 1. The molecule has 0 saturated carbocycles. The normalized spacial score (nSPS) is 15.8. The highest BCUT2D eigenvalue weighted by molar-refractivity contribution is 5.81. The van der Waals surface area contributed by atoms with E-state index >= 15 is 0 Å². The number of carbonyl (C=O) groups is 1. The number of rotatable bonds is 4. The van der Waals surface area contributed by atoms with Crippen LogP contribution in [0.4, 0.5) is 0 Å². The molecule has 1 aromatic carbocycles. The molecular formula is C17H19N3O4. The lowest BCUT2D eigenvalue weighted by molar-refractivity contribution is -0.130. The Morgan fingerprint density at radius 1 is 1.33 bits per heavy atom. The number of fused-ring (bicyclic) bond motifs is 1. The Bertz CT molecular complexity index is 816. The average molecular weight is 329 g/mol. The molecule has 0 saturated heterocycles. The summed E-state index contributed by atoms with van der Waals surface area (Å²) in [5.41, 5.74) is 1.19. The molecule has 24 heavy (non-hydrogen) atoms. The maximum absolute atomic E-state index is 12.2. The highest BCUT2D eigenvalue weighted by Gasteiger charge is 2.26. The molecule has 0 spiro atoms. The average Bonchev–Trinajstić information content (AvgIpc) is 2.56. The molecule has 126 valence electrons. The van der Waals surface area contributed by atoms with E-state index in [-0.39, 0.29) is 18.2 Å². The Labute approximate surface area is 139 Å². The van der Waals surface area contributed by atoms with Gasteiger partial charge in [0.25, 0.3) is 5.91 Å². The molecule has 0 bridgehead atoms. The van der Waals surface area contributed by atoms with Crippen molar-refractivity contribution in [1.29, 1.82) is 0 Å². The maximum atomic E-state index is 12.2. The molecule has 1 aliphatic heterocycles. The summed E-state index contributed by atoms with van der Waals surface area (Å²) in [6.45, 7) is 4.44. The van der Waals surface area contributed by atoms with E-state index in [1.54, 1.807) is 19.1 Å². The van der Waals surface area contributed by atoms with E-state index in [9.17, 15) is 9.59 Å². The quantitative estimate of drug-likeness (QED) is 0.898. The number of ether oxygens (including phenoxy) is 2. The summed E-state index contributed by atoms with van der Waals surface area (Å²) in [4.78, 5) is 28.0. The van der Waals surface area contributed by atoms with Crippen LogP contribution >= 0.6 is 0 Å². The van der Waals surface area contributed by atoms with Gasteiger partial charge in [0.15, 0.2) is 11.5 Å². The Kier molecular flexibility index (Phi) is 4.50. The molecule has 3 rings (SSSR count). The van der Waals surface area contributed by atoms with Crippen molar-refractivity contribution in [2.75, 3.05) is 13.2 Å². The van der Waals surface area contributed by atoms with Crippen LogP contribution < -0.4 is 20.5 Å². The first kappa shape index (κ1) is 16.0. The summed E-state index contributed by atoms with van der Waals surface area (Å²) in [5, 5.41) is 2.77. The summed E-state index contributed by atoms with van der Waals surface area (Å²) in [6, 6.07) is 9.05. The summed E-state index contributed by atoms with van der Waals surface area (Å²) in [6.07, 6.45) is -0.700. The third-order valence-corrected chi connectivity index (χ3v) is 3.78. The van der Waals surface area contributed by atoms with Gasteiger partial charge in [-0.2, -0.15) is 4.98 Å². The van der Waals surface area contributed by atoms with E-state index < -0.39 is 6.10 Å². The Morgan fingerprint density at radius 2 is 2.08 bits per heavy atom. The van der Waals surface area contributed by atoms with Crippen LogP contribution in [0.15, 0.2) is 35.1 Å². The standard InChI is InChI=1S/C17H19N3O4/c1-11-9-12(2)20(17(22)19-11)8-7-18-16(21)15-10-23-13-5-3-4-6-14(13)24-15/h3-6,9,15H,7-8,10H2,1-2H3,(H,18,21)/t15-/m0/s1. The summed E-state index contributed by atoms with van der Waals surface area (Å²) in [7, 11) is 0.